The maximum Gasteiger partial charge on any atom is 0.251 e. The molecular weight excluding hydrogens is 398 g/mol. The van der Waals surface area contributed by atoms with Gasteiger partial charge in [-0.1, -0.05) is 41.9 Å². The molecule has 0 atom stereocenters. The largest absolute Gasteiger partial charge is 0.492 e. The molecule has 0 saturated heterocycles. The maximum atomic E-state index is 12.5. The zero-order valence-electron chi connectivity index (χ0n) is 16.6. The second kappa shape index (κ2) is 9.01. The zero-order valence-corrected chi connectivity index (χ0v) is 17.4. The molecule has 1 aromatic heterocycles. The third-order valence-electron chi connectivity index (χ3n) is 4.80. The van der Waals surface area contributed by atoms with E-state index in [0.29, 0.717) is 30.3 Å². The van der Waals surface area contributed by atoms with Crippen LogP contribution in [0.25, 0.3) is 11.0 Å². The van der Waals surface area contributed by atoms with Crippen molar-refractivity contribution in [1.29, 1.82) is 0 Å². The van der Waals surface area contributed by atoms with Gasteiger partial charge in [0.05, 0.1) is 24.1 Å². The summed E-state index contributed by atoms with van der Waals surface area (Å²) < 4.78 is 8.01. The molecule has 4 aromatic rings. The third kappa shape index (κ3) is 4.63. The topological polar surface area (TPSA) is 56.1 Å². The van der Waals surface area contributed by atoms with Gasteiger partial charge in [-0.2, -0.15) is 0 Å². The summed E-state index contributed by atoms with van der Waals surface area (Å²) >= 11 is 5.99. The van der Waals surface area contributed by atoms with Crippen LogP contribution in [0, 0.1) is 6.92 Å². The van der Waals surface area contributed by atoms with Crippen LogP contribution < -0.4 is 10.1 Å². The van der Waals surface area contributed by atoms with Crippen LogP contribution in [0.3, 0.4) is 0 Å². The number of carbonyl (C=O) groups excluding carboxylic acids is 1. The molecule has 0 saturated carbocycles. The molecule has 4 rings (SSSR count). The number of imidazole rings is 1. The summed E-state index contributed by atoms with van der Waals surface area (Å²) in [6, 6.07) is 22.8. The number of aryl methyl sites for hydroxylation is 1. The van der Waals surface area contributed by atoms with Crippen LogP contribution in [0.1, 0.15) is 21.7 Å². The zero-order chi connectivity index (χ0) is 20.9. The van der Waals surface area contributed by atoms with Gasteiger partial charge in [-0.05, 0) is 55.0 Å². The van der Waals surface area contributed by atoms with Crippen molar-refractivity contribution in [1.82, 2.24) is 14.9 Å². The van der Waals surface area contributed by atoms with E-state index in [2.05, 4.69) is 9.88 Å². The normalized spacial score (nSPS) is 10.9. The molecule has 0 fully saturated rings. The van der Waals surface area contributed by atoms with E-state index in [0.717, 1.165) is 28.2 Å². The lowest BCUT2D eigenvalue weighted by Crippen LogP contribution is -2.25. The molecule has 1 amide bonds. The van der Waals surface area contributed by atoms with Gasteiger partial charge in [0.15, 0.2) is 0 Å². The lowest BCUT2D eigenvalue weighted by Gasteiger charge is -2.12. The minimum Gasteiger partial charge on any atom is -0.492 e. The predicted molar refractivity (Wildman–Crippen MR) is 119 cm³/mol. The van der Waals surface area contributed by atoms with E-state index in [1.807, 2.05) is 55.5 Å². The van der Waals surface area contributed by atoms with Gasteiger partial charge in [0.2, 0.25) is 0 Å². The molecule has 152 valence electrons. The second-order valence-corrected chi connectivity index (χ2v) is 7.46. The molecule has 0 bridgehead atoms. The Bertz CT molecular complexity index is 1190. The molecule has 3 aromatic carbocycles. The average Bonchev–Trinajstić information content (AvgIpc) is 3.10. The number of nitrogens with one attached hydrogen (secondary N) is 1. The number of aromatic nitrogens is 2. The highest BCUT2D eigenvalue weighted by molar-refractivity contribution is 6.30. The fourth-order valence-electron chi connectivity index (χ4n) is 3.36. The molecule has 1 N–H and O–H groups in total. The van der Waals surface area contributed by atoms with Gasteiger partial charge in [0.1, 0.15) is 18.2 Å². The number of para-hydroxylation sites is 2. The fourth-order valence-corrected chi connectivity index (χ4v) is 3.55. The van der Waals surface area contributed by atoms with Gasteiger partial charge in [0.25, 0.3) is 5.91 Å². The smallest absolute Gasteiger partial charge is 0.251 e. The molecule has 0 aliphatic heterocycles. The van der Waals surface area contributed by atoms with E-state index < -0.39 is 0 Å². The Morgan fingerprint density at radius 2 is 1.90 bits per heavy atom. The Balaban J connectivity index is 1.49. The van der Waals surface area contributed by atoms with Crippen molar-refractivity contribution in [3.05, 3.63) is 94.8 Å². The number of fused-ring (bicyclic) bond motifs is 1. The molecule has 5 nitrogen and oxygen atoms in total. The summed E-state index contributed by atoms with van der Waals surface area (Å²) in [6.07, 6.45) is 0. The standard InChI is InChI=1S/C24H22ClN3O2/c1-17-6-4-9-20(14-17)30-13-12-28-22-11-3-2-10-21(22)27-23(28)16-26-24(29)18-7-5-8-19(25)15-18/h2-11,14-15H,12-13,16H2,1H3,(H,26,29). The van der Waals surface area contributed by atoms with Gasteiger partial charge in [0, 0.05) is 10.6 Å². The molecule has 0 aliphatic carbocycles. The first-order valence-corrected chi connectivity index (χ1v) is 10.2. The first kappa shape index (κ1) is 20.0. The van der Waals surface area contributed by atoms with E-state index in [9.17, 15) is 4.79 Å². The predicted octanol–water partition coefficient (Wildman–Crippen LogP) is 5.01. The molecule has 6 heteroatoms. The quantitative estimate of drug-likeness (QED) is 0.458. The van der Waals surface area contributed by atoms with Crippen LogP contribution in [0.15, 0.2) is 72.8 Å². The highest BCUT2D eigenvalue weighted by Gasteiger charge is 2.13. The van der Waals surface area contributed by atoms with Crippen LogP contribution in [-0.2, 0) is 13.1 Å². The van der Waals surface area contributed by atoms with Crippen LogP contribution in [0.4, 0.5) is 0 Å². The average molecular weight is 420 g/mol. The van der Waals surface area contributed by atoms with Crippen molar-refractivity contribution in [3.63, 3.8) is 0 Å². The monoisotopic (exact) mass is 419 g/mol. The van der Waals surface area contributed by atoms with Crippen molar-refractivity contribution in [2.24, 2.45) is 0 Å². The Hall–Kier alpha value is -3.31. The SMILES string of the molecule is Cc1cccc(OCCn2c(CNC(=O)c3cccc(Cl)c3)nc3ccccc32)c1. The number of hydrogen-bond donors (Lipinski definition) is 1. The molecule has 1 heterocycles. The van der Waals surface area contributed by atoms with E-state index >= 15 is 0 Å². The first-order valence-electron chi connectivity index (χ1n) is 9.77. The van der Waals surface area contributed by atoms with Gasteiger partial charge in [-0.25, -0.2) is 4.98 Å². The molecule has 0 aliphatic rings. The number of benzene rings is 3. The number of carbonyl (C=O) groups is 1. The first-order chi connectivity index (χ1) is 14.6. The summed E-state index contributed by atoms with van der Waals surface area (Å²) in [6.45, 7) is 3.47. The molecule has 30 heavy (non-hydrogen) atoms. The van der Waals surface area contributed by atoms with Crippen LogP contribution in [-0.4, -0.2) is 22.1 Å². The Morgan fingerprint density at radius 3 is 2.73 bits per heavy atom. The van der Waals surface area contributed by atoms with Gasteiger partial charge < -0.3 is 14.6 Å². The van der Waals surface area contributed by atoms with E-state index in [-0.39, 0.29) is 5.91 Å². The van der Waals surface area contributed by atoms with Crippen LogP contribution in [0.2, 0.25) is 5.02 Å². The van der Waals surface area contributed by atoms with Crippen molar-refractivity contribution in [2.45, 2.75) is 20.0 Å². The molecule has 0 unspecified atom stereocenters. The van der Waals surface area contributed by atoms with E-state index in [1.165, 1.54) is 0 Å². The molecule has 0 spiro atoms. The minimum atomic E-state index is -0.188. The fraction of sp³-hybridized carbons (Fsp3) is 0.167. The lowest BCUT2D eigenvalue weighted by molar-refractivity contribution is 0.0949. The summed E-state index contributed by atoms with van der Waals surface area (Å²) in [5.74, 6) is 1.43. The van der Waals surface area contributed by atoms with Crippen molar-refractivity contribution < 1.29 is 9.53 Å². The van der Waals surface area contributed by atoms with Crippen molar-refractivity contribution in [2.75, 3.05) is 6.61 Å². The lowest BCUT2D eigenvalue weighted by atomic mass is 10.2. The third-order valence-corrected chi connectivity index (χ3v) is 5.04. The minimum absolute atomic E-state index is 0.188. The van der Waals surface area contributed by atoms with Gasteiger partial charge in [-0.3, -0.25) is 4.79 Å². The number of ether oxygens (including phenoxy) is 1. The Labute approximate surface area is 180 Å². The highest BCUT2D eigenvalue weighted by Crippen LogP contribution is 2.18. The number of halogens is 1. The molecule has 0 radical (unpaired) electrons. The van der Waals surface area contributed by atoms with Crippen LogP contribution in [0.5, 0.6) is 5.75 Å². The summed E-state index contributed by atoms with van der Waals surface area (Å²) in [5, 5.41) is 3.47. The maximum absolute atomic E-state index is 12.5. The van der Waals surface area contributed by atoms with Crippen molar-refractivity contribution in [3.8, 4) is 5.75 Å². The second-order valence-electron chi connectivity index (χ2n) is 7.03. The van der Waals surface area contributed by atoms with E-state index in [1.54, 1.807) is 24.3 Å². The number of amides is 1. The number of rotatable bonds is 7. The summed E-state index contributed by atoms with van der Waals surface area (Å²) in [7, 11) is 0. The highest BCUT2D eigenvalue weighted by atomic mass is 35.5. The Kier molecular flexibility index (Phi) is 6.00. The van der Waals surface area contributed by atoms with Crippen LogP contribution >= 0.6 is 11.6 Å². The number of nitrogens with zero attached hydrogens (tertiary/aromatic N) is 2. The van der Waals surface area contributed by atoms with Gasteiger partial charge >= 0.3 is 0 Å². The molecular formula is C24H22ClN3O2. The Morgan fingerprint density at radius 1 is 1.07 bits per heavy atom. The summed E-state index contributed by atoms with van der Waals surface area (Å²) in [5.41, 5.74) is 3.58. The van der Waals surface area contributed by atoms with Gasteiger partial charge in [-0.15, -0.1) is 0 Å². The van der Waals surface area contributed by atoms with Crippen molar-refractivity contribution >= 4 is 28.5 Å². The summed E-state index contributed by atoms with van der Waals surface area (Å²) in [4.78, 5) is 17.2. The number of hydrogen-bond acceptors (Lipinski definition) is 3. The van der Waals surface area contributed by atoms with E-state index in [4.69, 9.17) is 21.3 Å².